The Labute approximate surface area is 174 Å². The number of aromatic hydroxyl groups is 1. The average Bonchev–Trinajstić information content (AvgIpc) is 3.51. The largest absolute Gasteiger partial charge is 0.507 e. The zero-order chi connectivity index (χ0) is 21.0. The summed E-state index contributed by atoms with van der Waals surface area (Å²) in [5, 5.41) is 13.6. The van der Waals surface area contributed by atoms with E-state index in [1.165, 1.54) is 29.5 Å². The van der Waals surface area contributed by atoms with Gasteiger partial charge in [0.2, 0.25) is 0 Å². The van der Waals surface area contributed by atoms with E-state index < -0.39 is 5.97 Å². The Hall–Kier alpha value is -2.49. The van der Waals surface area contributed by atoms with Crippen LogP contribution in [0, 0.1) is 0 Å². The molecule has 0 aromatic heterocycles. The summed E-state index contributed by atoms with van der Waals surface area (Å²) in [5.74, 6) is 0.172. The lowest BCUT2D eigenvalue weighted by Gasteiger charge is -2.22. The highest BCUT2D eigenvalue weighted by Gasteiger charge is 2.26. The van der Waals surface area contributed by atoms with E-state index in [0.29, 0.717) is 19.1 Å². The van der Waals surface area contributed by atoms with Crippen LogP contribution in [0.5, 0.6) is 5.75 Å². The van der Waals surface area contributed by atoms with E-state index in [1.807, 2.05) is 13.0 Å². The molecule has 1 aliphatic carbocycles. The molecule has 1 fully saturated rings. The van der Waals surface area contributed by atoms with Crippen LogP contribution in [0.3, 0.4) is 0 Å². The standard InChI is InChI=1S/C25H33NO3/c1-5-6-11-29-24(28)22-10-9-21(15-23(22)27)26-16-17-12-19(18-7-8-18)14-20(13-17)25(2,3)4/h9-10,12-15,18,26-27H,5-8,11,16H2,1-4H3. The number of unbranched alkanes of at least 4 members (excludes halogenated alkanes) is 1. The summed E-state index contributed by atoms with van der Waals surface area (Å²) >= 11 is 0. The van der Waals surface area contributed by atoms with Gasteiger partial charge in [-0.15, -0.1) is 0 Å². The second kappa shape index (κ2) is 8.89. The molecule has 0 unspecified atom stereocenters. The molecule has 3 rings (SSSR count). The van der Waals surface area contributed by atoms with E-state index in [9.17, 15) is 9.90 Å². The number of phenols is 1. The third-order valence-electron chi connectivity index (χ3n) is 5.38. The van der Waals surface area contributed by atoms with Gasteiger partial charge in [-0.25, -0.2) is 4.79 Å². The van der Waals surface area contributed by atoms with Crippen LogP contribution < -0.4 is 5.32 Å². The highest BCUT2D eigenvalue weighted by Crippen LogP contribution is 2.41. The van der Waals surface area contributed by atoms with Crippen LogP contribution in [0.1, 0.15) is 86.3 Å². The maximum absolute atomic E-state index is 12.1. The van der Waals surface area contributed by atoms with Crippen LogP contribution in [0.4, 0.5) is 5.69 Å². The molecule has 1 saturated carbocycles. The number of esters is 1. The molecule has 156 valence electrons. The Morgan fingerprint density at radius 2 is 1.93 bits per heavy atom. The van der Waals surface area contributed by atoms with E-state index in [4.69, 9.17) is 4.74 Å². The van der Waals surface area contributed by atoms with Gasteiger partial charge in [-0.3, -0.25) is 0 Å². The fourth-order valence-corrected chi connectivity index (χ4v) is 3.31. The summed E-state index contributed by atoms with van der Waals surface area (Å²) in [5.41, 5.74) is 5.12. The molecule has 0 heterocycles. The predicted octanol–water partition coefficient (Wildman–Crippen LogP) is 6.14. The minimum atomic E-state index is -0.477. The summed E-state index contributed by atoms with van der Waals surface area (Å²) in [7, 11) is 0. The molecule has 29 heavy (non-hydrogen) atoms. The van der Waals surface area contributed by atoms with Crippen LogP contribution in [-0.4, -0.2) is 17.7 Å². The normalized spacial score (nSPS) is 13.9. The van der Waals surface area contributed by atoms with Crippen molar-refractivity contribution in [2.75, 3.05) is 11.9 Å². The molecule has 0 aliphatic heterocycles. The zero-order valence-electron chi connectivity index (χ0n) is 18.0. The van der Waals surface area contributed by atoms with Crippen molar-refractivity contribution in [2.24, 2.45) is 0 Å². The number of hydrogen-bond acceptors (Lipinski definition) is 4. The first-order valence-corrected chi connectivity index (χ1v) is 10.7. The van der Waals surface area contributed by atoms with Gasteiger partial charge >= 0.3 is 5.97 Å². The number of ether oxygens (including phenoxy) is 1. The van der Waals surface area contributed by atoms with Gasteiger partial charge in [-0.1, -0.05) is 52.3 Å². The molecular weight excluding hydrogens is 362 g/mol. The quantitative estimate of drug-likeness (QED) is 0.416. The van der Waals surface area contributed by atoms with Crippen molar-refractivity contribution in [2.45, 2.75) is 71.3 Å². The Morgan fingerprint density at radius 3 is 2.55 bits per heavy atom. The SMILES string of the molecule is CCCCOC(=O)c1ccc(NCc2cc(C3CC3)cc(C(C)(C)C)c2)cc1O. The summed E-state index contributed by atoms with van der Waals surface area (Å²) in [6.07, 6.45) is 4.35. The van der Waals surface area contributed by atoms with Crippen LogP contribution in [-0.2, 0) is 16.7 Å². The number of anilines is 1. The molecule has 4 nitrogen and oxygen atoms in total. The van der Waals surface area contributed by atoms with E-state index in [2.05, 4.69) is 44.3 Å². The Bertz CT molecular complexity index is 863. The lowest BCUT2D eigenvalue weighted by atomic mass is 9.84. The Kier molecular flexibility index (Phi) is 6.51. The Morgan fingerprint density at radius 1 is 1.17 bits per heavy atom. The molecular formula is C25H33NO3. The lowest BCUT2D eigenvalue weighted by molar-refractivity contribution is 0.0496. The highest BCUT2D eigenvalue weighted by atomic mass is 16.5. The second-order valence-corrected chi connectivity index (χ2v) is 9.06. The topological polar surface area (TPSA) is 58.6 Å². The van der Waals surface area contributed by atoms with Crippen molar-refractivity contribution in [3.8, 4) is 5.75 Å². The highest BCUT2D eigenvalue weighted by molar-refractivity contribution is 5.93. The predicted molar refractivity (Wildman–Crippen MR) is 118 cm³/mol. The molecule has 0 spiro atoms. The minimum absolute atomic E-state index is 0.0568. The van der Waals surface area contributed by atoms with Crippen LogP contribution in [0.15, 0.2) is 36.4 Å². The maximum atomic E-state index is 12.1. The van der Waals surface area contributed by atoms with Crippen LogP contribution in [0.2, 0.25) is 0 Å². The molecule has 2 N–H and O–H groups in total. The molecule has 0 amide bonds. The number of benzene rings is 2. The smallest absolute Gasteiger partial charge is 0.341 e. The number of nitrogens with one attached hydrogen (secondary N) is 1. The molecule has 0 atom stereocenters. The number of rotatable bonds is 8. The van der Waals surface area contributed by atoms with Crippen molar-refractivity contribution in [3.63, 3.8) is 0 Å². The van der Waals surface area contributed by atoms with Crippen molar-refractivity contribution >= 4 is 11.7 Å². The zero-order valence-corrected chi connectivity index (χ0v) is 18.0. The summed E-state index contributed by atoms with van der Waals surface area (Å²) in [6, 6.07) is 11.9. The molecule has 1 aliphatic rings. The van der Waals surface area contributed by atoms with Crippen molar-refractivity contribution in [3.05, 3.63) is 58.7 Å². The molecule has 0 radical (unpaired) electrons. The summed E-state index contributed by atoms with van der Waals surface area (Å²) in [6.45, 7) is 9.81. The van der Waals surface area contributed by atoms with Crippen molar-refractivity contribution in [1.29, 1.82) is 0 Å². The molecule has 0 saturated heterocycles. The third-order valence-corrected chi connectivity index (χ3v) is 5.38. The summed E-state index contributed by atoms with van der Waals surface area (Å²) < 4.78 is 5.19. The average molecular weight is 396 g/mol. The maximum Gasteiger partial charge on any atom is 0.341 e. The molecule has 2 aromatic carbocycles. The van der Waals surface area contributed by atoms with Gasteiger partial charge in [-0.05, 0) is 59.4 Å². The first-order valence-electron chi connectivity index (χ1n) is 10.7. The molecule has 2 aromatic rings. The monoisotopic (exact) mass is 395 g/mol. The van der Waals surface area contributed by atoms with Gasteiger partial charge in [-0.2, -0.15) is 0 Å². The van der Waals surface area contributed by atoms with Crippen molar-refractivity contribution in [1.82, 2.24) is 0 Å². The number of carbonyl (C=O) groups excluding carboxylic acids is 1. The number of phenolic OH excluding ortho intramolecular Hbond substituents is 1. The second-order valence-electron chi connectivity index (χ2n) is 9.06. The van der Waals surface area contributed by atoms with Crippen molar-refractivity contribution < 1.29 is 14.6 Å². The fraction of sp³-hybridized carbons (Fsp3) is 0.480. The van der Waals surface area contributed by atoms with Gasteiger partial charge in [0.25, 0.3) is 0 Å². The first kappa shape index (κ1) is 21.2. The Balaban J connectivity index is 1.69. The number of hydrogen-bond donors (Lipinski definition) is 2. The van der Waals surface area contributed by atoms with Gasteiger partial charge < -0.3 is 15.2 Å². The number of carbonyl (C=O) groups is 1. The fourth-order valence-electron chi connectivity index (χ4n) is 3.31. The van der Waals surface area contributed by atoms with E-state index in [0.717, 1.165) is 18.5 Å². The van der Waals surface area contributed by atoms with Crippen LogP contribution in [0.25, 0.3) is 0 Å². The van der Waals surface area contributed by atoms with Crippen LogP contribution >= 0.6 is 0 Å². The summed E-state index contributed by atoms with van der Waals surface area (Å²) in [4.78, 5) is 12.1. The molecule has 0 bridgehead atoms. The van der Waals surface area contributed by atoms with E-state index >= 15 is 0 Å². The van der Waals surface area contributed by atoms with Gasteiger partial charge in [0.1, 0.15) is 11.3 Å². The minimum Gasteiger partial charge on any atom is -0.507 e. The van der Waals surface area contributed by atoms with Gasteiger partial charge in [0, 0.05) is 18.3 Å². The van der Waals surface area contributed by atoms with E-state index in [-0.39, 0.29) is 16.7 Å². The lowest BCUT2D eigenvalue weighted by Crippen LogP contribution is -2.13. The molecule has 4 heteroatoms. The van der Waals surface area contributed by atoms with E-state index in [1.54, 1.807) is 12.1 Å². The third kappa shape index (κ3) is 5.75. The first-order chi connectivity index (χ1) is 13.8. The van der Waals surface area contributed by atoms with Gasteiger partial charge in [0.15, 0.2) is 0 Å². The van der Waals surface area contributed by atoms with Gasteiger partial charge in [0.05, 0.1) is 6.61 Å².